The number of benzene rings is 3. The van der Waals surface area contributed by atoms with Crippen LogP contribution in [0.15, 0.2) is 78.9 Å². The summed E-state index contributed by atoms with van der Waals surface area (Å²) in [4.78, 5) is 15.1. The van der Waals surface area contributed by atoms with Gasteiger partial charge in [-0.25, -0.2) is 0 Å². The van der Waals surface area contributed by atoms with Crippen LogP contribution in [0.25, 0.3) is 11.1 Å². The van der Waals surface area contributed by atoms with Gasteiger partial charge in [0.2, 0.25) is 0 Å². The maximum absolute atomic E-state index is 13.2. The van der Waals surface area contributed by atoms with Crippen molar-refractivity contribution >= 4 is 5.91 Å². The molecule has 154 valence electrons. The van der Waals surface area contributed by atoms with Gasteiger partial charge in [0.1, 0.15) is 0 Å². The number of rotatable bonds is 3. The number of piperidine rings is 1. The van der Waals surface area contributed by atoms with E-state index in [1.54, 1.807) is 24.3 Å². The average molecular weight is 409 g/mol. The van der Waals surface area contributed by atoms with Crippen LogP contribution >= 0.6 is 0 Å². The summed E-state index contributed by atoms with van der Waals surface area (Å²) in [6.45, 7) is 1.33. The minimum atomic E-state index is -4.38. The zero-order valence-corrected chi connectivity index (χ0v) is 16.4. The summed E-state index contributed by atoms with van der Waals surface area (Å²) in [7, 11) is 0. The fourth-order valence-corrected chi connectivity index (χ4v) is 4.07. The molecule has 1 fully saturated rings. The molecule has 2 nitrogen and oxygen atoms in total. The molecule has 0 radical (unpaired) electrons. The predicted molar refractivity (Wildman–Crippen MR) is 111 cm³/mol. The van der Waals surface area contributed by atoms with E-state index in [-0.39, 0.29) is 5.91 Å². The van der Waals surface area contributed by atoms with E-state index >= 15 is 0 Å². The van der Waals surface area contributed by atoms with Crippen molar-refractivity contribution in [1.29, 1.82) is 0 Å². The van der Waals surface area contributed by atoms with Crippen LogP contribution in [0.4, 0.5) is 13.2 Å². The molecule has 3 aromatic carbocycles. The number of likely N-dealkylation sites (tertiary alicyclic amines) is 1. The van der Waals surface area contributed by atoms with E-state index in [4.69, 9.17) is 0 Å². The number of carbonyl (C=O) groups is 1. The largest absolute Gasteiger partial charge is 0.416 e. The Morgan fingerprint density at radius 2 is 1.40 bits per heavy atom. The van der Waals surface area contributed by atoms with E-state index in [2.05, 4.69) is 12.1 Å². The molecule has 3 aromatic rings. The van der Waals surface area contributed by atoms with Crippen molar-refractivity contribution in [2.75, 3.05) is 13.1 Å². The lowest BCUT2D eigenvalue weighted by Crippen LogP contribution is -2.38. The average Bonchev–Trinajstić information content (AvgIpc) is 2.79. The number of carbonyl (C=O) groups excluding carboxylic acids is 1. The molecule has 5 heteroatoms. The highest BCUT2D eigenvalue weighted by molar-refractivity contribution is 6.01. The van der Waals surface area contributed by atoms with Gasteiger partial charge in [-0.2, -0.15) is 13.2 Å². The lowest BCUT2D eigenvalue weighted by molar-refractivity contribution is -0.137. The topological polar surface area (TPSA) is 20.3 Å². The highest BCUT2D eigenvalue weighted by Crippen LogP contribution is 2.33. The molecule has 0 spiro atoms. The van der Waals surface area contributed by atoms with E-state index in [1.807, 2.05) is 23.1 Å². The van der Waals surface area contributed by atoms with E-state index in [0.29, 0.717) is 35.7 Å². The highest BCUT2D eigenvalue weighted by Gasteiger charge is 2.30. The van der Waals surface area contributed by atoms with Crippen LogP contribution in [0.3, 0.4) is 0 Å². The van der Waals surface area contributed by atoms with Gasteiger partial charge in [-0.15, -0.1) is 0 Å². The Labute approximate surface area is 174 Å². The molecular weight excluding hydrogens is 387 g/mol. The molecule has 0 saturated carbocycles. The number of amides is 1. The van der Waals surface area contributed by atoms with Crippen molar-refractivity contribution in [3.05, 3.63) is 95.6 Å². The summed E-state index contributed by atoms with van der Waals surface area (Å²) in [5, 5.41) is 0. The minimum absolute atomic E-state index is 0.0722. The molecule has 4 rings (SSSR count). The molecule has 0 unspecified atom stereocenters. The van der Waals surface area contributed by atoms with Gasteiger partial charge in [0, 0.05) is 18.7 Å². The van der Waals surface area contributed by atoms with E-state index in [0.717, 1.165) is 25.0 Å². The summed E-state index contributed by atoms with van der Waals surface area (Å²) in [6, 6.07) is 22.4. The first-order valence-electron chi connectivity index (χ1n) is 10.0. The molecule has 0 aliphatic carbocycles. The first kappa shape index (κ1) is 20.2. The van der Waals surface area contributed by atoms with E-state index in [1.165, 1.54) is 17.7 Å². The van der Waals surface area contributed by atoms with Gasteiger partial charge < -0.3 is 4.90 Å². The van der Waals surface area contributed by atoms with Crippen LogP contribution in [-0.4, -0.2) is 23.9 Å². The SMILES string of the molecule is O=C(c1ccccc1-c1ccc(C(F)(F)F)cc1)N1CCC(c2ccccc2)CC1. The van der Waals surface area contributed by atoms with Crippen LogP contribution in [0, 0.1) is 0 Å². The van der Waals surface area contributed by atoms with Crippen molar-refractivity contribution in [3.63, 3.8) is 0 Å². The van der Waals surface area contributed by atoms with Gasteiger partial charge in [0.15, 0.2) is 0 Å². The number of alkyl halides is 3. The summed E-state index contributed by atoms with van der Waals surface area (Å²) in [5.74, 6) is 0.373. The Bertz CT molecular complexity index is 1000. The summed E-state index contributed by atoms with van der Waals surface area (Å²) >= 11 is 0. The fraction of sp³-hybridized carbons (Fsp3) is 0.240. The second-order valence-corrected chi connectivity index (χ2v) is 7.60. The minimum Gasteiger partial charge on any atom is -0.339 e. The predicted octanol–water partition coefficient (Wildman–Crippen LogP) is 6.39. The Hall–Kier alpha value is -3.08. The van der Waals surface area contributed by atoms with Gasteiger partial charge in [0.25, 0.3) is 5.91 Å². The van der Waals surface area contributed by atoms with Crippen molar-refractivity contribution in [2.45, 2.75) is 24.9 Å². The van der Waals surface area contributed by atoms with Crippen LogP contribution in [0.2, 0.25) is 0 Å². The van der Waals surface area contributed by atoms with Crippen molar-refractivity contribution < 1.29 is 18.0 Å². The molecule has 0 atom stereocenters. The maximum Gasteiger partial charge on any atom is 0.416 e. The van der Waals surface area contributed by atoms with Gasteiger partial charge >= 0.3 is 6.18 Å². The number of hydrogen-bond acceptors (Lipinski definition) is 1. The molecule has 30 heavy (non-hydrogen) atoms. The summed E-state index contributed by atoms with van der Waals surface area (Å²) < 4.78 is 38.6. The van der Waals surface area contributed by atoms with Crippen molar-refractivity contribution in [3.8, 4) is 11.1 Å². The lowest BCUT2D eigenvalue weighted by atomic mass is 9.89. The van der Waals surface area contributed by atoms with Gasteiger partial charge in [-0.05, 0) is 53.6 Å². The molecule has 0 aromatic heterocycles. The van der Waals surface area contributed by atoms with Gasteiger partial charge in [-0.3, -0.25) is 4.79 Å². The number of halogens is 3. The molecule has 0 N–H and O–H groups in total. The Kier molecular flexibility index (Phi) is 5.62. The summed E-state index contributed by atoms with van der Waals surface area (Å²) in [6.07, 6.45) is -2.58. The number of hydrogen-bond donors (Lipinski definition) is 0. The summed E-state index contributed by atoms with van der Waals surface area (Å²) in [5.41, 5.74) is 2.38. The Morgan fingerprint density at radius 1 is 0.800 bits per heavy atom. The number of nitrogens with zero attached hydrogens (tertiary/aromatic N) is 1. The van der Waals surface area contributed by atoms with E-state index < -0.39 is 11.7 Å². The molecule has 1 saturated heterocycles. The first-order chi connectivity index (χ1) is 14.4. The maximum atomic E-state index is 13.2. The van der Waals surface area contributed by atoms with Crippen molar-refractivity contribution in [2.24, 2.45) is 0 Å². The normalized spacial score (nSPS) is 15.2. The van der Waals surface area contributed by atoms with Crippen molar-refractivity contribution in [1.82, 2.24) is 4.90 Å². The molecule has 1 heterocycles. The molecule has 1 amide bonds. The van der Waals surface area contributed by atoms with Crippen LogP contribution < -0.4 is 0 Å². The zero-order valence-electron chi connectivity index (χ0n) is 16.4. The third-order valence-corrected chi connectivity index (χ3v) is 5.73. The van der Waals surface area contributed by atoms with E-state index in [9.17, 15) is 18.0 Å². The quantitative estimate of drug-likeness (QED) is 0.491. The monoisotopic (exact) mass is 409 g/mol. The molecule has 1 aliphatic heterocycles. The Balaban J connectivity index is 1.52. The zero-order chi connectivity index (χ0) is 21.1. The van der Waals surface area contributed by atoms with Crippen LogP contribution in [-0.2, 0) is 6.18 Å². The molecule has 0 bridgehead atoms. The third-order valence-electron chi connectivity index (χ3n) is 5.73. The fourth-order valence-electron chi connectivity index (χ4n) is 4.07. The third kappa shape index (κ3) is 4.25. The second-order valence-electron chi connectivity index (χ2n) is 7.60. The van der Waals surface area contributed by atoms with Crippen LogP contribution in [0.5, 0.6) is 0 Å². The van der Waals surface area contributed by atoms with Gasteiger partial charge in [0.05, 0.1) is 5.56 Å². The standard InChI is InChI=1S/C25H22F3NO/c26-25(27,28)21-12-10-20(11-13-21)22-8-4-5-9-23(22)24(30)29-16-14-19(15-17-29)18-6-2-1-3-7-18/h1-13,19H,14-17H2. The molecular formula is C25H22F3NO. The second kappa shape index (κ2) is 8.34. The lowest BCUT2D eigenvalue weighted by Gasteiger charge is -2.32. The first-order valence-corrected chi connectivity index (χ1v) is 10.0. The highest BCUT2D eigenvalue weighted by atomic mass is 19.4. The smallest absolute Gasteiger partial charge is 0.339 e. The Morgan fingerprint density at radius 3 is 2.03 bits per heavy atom. The molecule has 1 aliphatic rings. The van der Waals surface area contributed by atoms with Gasteiger partial charge in [-0.1, -0.05) is 60.7 Å². The van der Waals surface area contributed by atoms with Crippen LogP contribution in [0.1, 0.15) is 40.2 Å².